The molecule has 0 saturated heterocycles. The first-order valence-electron chi connectivity index (χ1n) is 5.30. The summed E-state index contributed by atoms with van der Waals surface area (Å²) in [4.78, 5) is 10.6. The fraction of sp³-hybridized carbons (Fsp3) is 0.417. The summed E-state index contributed by atoms with van der Waals surface area (Å²) in [6.45, 7) is 3.74. The van der Waals surface area contributed by atoms with Crippen molar-refractivity contribution in [3.05, 3.63) is 29.8 Å². The Balaban J connectivity index is 2.19. The average molecular weight is 222 g/mol. The van der Waals surface area contributed by atoms with E-state index in [0.717, 1.165) is 18.8 Å². The van der Waals surface area contributed by atoms with Crippen LogP contribution >= 0.6 is 0 Å². The molecular weight excluding hydrogens is 204 g/mol. The van der Waals surface area contributed by atoms with Crippen LogP contribution in [-0.2, 0) is 11.3 Å². The Labute approximate surface area is 96.0 Å². The highest BCUT2D eigenvalue weighted by Gasteiger charge is 1.94. The van der Waals surface area contributed by atoms with E-state index >= 15 is 0 Å². The third-order valence-electron chi connectivity index (χ3n) is 2.16. The number of ether oxygens (including phenoxy) is 1. The molecule has 16 heavy (non-hydrogen) atoms. The Hall–Kier alpha value is -1.55. The summed E-state index contributed by atoms with van der Waals surface area (Å²) in [6.07, 6.45) is 0. The van der Waals surface area contributed by atoms with Crippen LogP contribution in [0.15, 0.2) is 24.3 Å². The molecule has 0 bridgehead atoms. The summed E-state index contributed by atoms with van der Waals surface area (Å²) in [6, 6.07) is 7.91. The van der Waals surface area contributed by atoms with Gasteiger partial charge in [-0.2, -0.15) is 0 Å². The molecule has 0 radical (unpaired) electrons. The first kappa shape index (κ1) is 12.5. The highest BCUT2D eigenvalue weighted by Crippen LogP contribution is 2.10. The van der Waals surface area contributed by atoms with Crippen LogP contribution in [0.2, 0.25) is 0 Å². The summed E-state index contributed by atoms with van der Waals surface area (Å²) in [5, 5.41) is 5.97. The maximum absolute atomic E-state index is 10.6. The van der Waals surface area contributed by atoms with E-state index in [1.807, 2.05) is 24.3 Å². The Kier molecular flexibility index (Phi) is 5.36. The van der Waals surface area contributed by atoms with Crippen molar-refractivity contribution in [2.45, 2.75) is 13.5 Å². The maximum atomic E-state index is 10.6. The maximum Gasteiger partial charge on any atom is 0.216 e. The Morgan fingerprint density at radius 1 is 1.25 bits per heavy atom. The van der Waals surface area contributed by atoms with E-state index in [1.54, 1.807) is 7.11 Å². The fourth-order valence-corrected chi connectivity index (χ4v) is 1.30. The Morgan fingerprint density at radius 3 is 2.50 bits per heavy atom. The van der Waals surface area contributed by atoms with Crippen molar-refractivity contribution in [1.82, 2.24) is 10.6 Å². The van der Waals surface area contributed by atoms with Crippen LogP contribution in [0, 0.1) is 0 Å². The quantitative estimate of drug-likeness (QED) is 0.704. The van der Waals surface area contributed by atoms with Crippen molar-refractivity contribution in [2.75, 3.05) is 20.2 Å². The molecule has 0 heterocycles. The van der Waals surface area contributed by atoms with E-state index in [2.05, 4.69) is 10.6 Å². The summed E-state index contributed by atoms with van der Waals surface area (Å²) < 4.78 is 5.07. The lowest BCUT2D eigenvalue weighted by Gasteiger charge is -2.06. The second-order valence-electron chi connectivity index (χ2n) is 3.51. The number of carbonyl (C=O) groups is 1. The van der Waals surface area contributed by atoms with Gasteiger partial charge in [-0.3, -0.25) is 4.79 Å². The van der Waals surface area contributed by atoms with Gasteiger partial charge in [-0.15, -0.1) is 0 Å². The predicted molar refractivity (Wildman–Crippen MR) is 63.4 cm³/mol. The van der Waals surface area contributed by atoms with Crippen molar-refractivity contribution < 1.29 is 9.53 Å². The number of hydrogen-bond acceptors (Lipinski definition) is 3. The van der Waals surface area contributed by atoms with Crippen LogP contribution in [0.5, 0.6) is 5.75 Å². The second-order valence-corrected chi connectivity index (χ2v) is 3.51. The number of benzene rings is 1. The molecule has 0 fully saturated rings. The fourth-order valence-electron chi connectivity index (χ4n) is 1.30. The third-order valence-corrected chi connectivity index (χ3v) is 2.16. The smallest absolute Gasteiger partial charge is 0.216 e. The molecule has 1 aromatic carbocycles. The zero-order valence-corrected chi connectivity index (χ0v) is 9.75. The Morgan fingerprint density at radius 2 is 1.94 bits per heavy atom. The first-order valence-corrected chi connectivity index (χ1v) is 5.30. The van der Waals surface area contributed by atoms with Gasteiger partial charge in [0, 0.05) is 26.6 Å². The zero-order chi connectivity index (χ0) is 11.8. The molecule has 4 nitrogen and oxygen atoms in total. The normalized spacial score (nSPS) is 9.88. The summed E-state index contributed by atoms with van der Waals surface area (Å²) in [7, 11) is 1.65. The Bertz CT molecular complexity index is 322. The molecule has 1 rings (SSSR count). The van der Waals surface area contributed by atoms with Crippen LogP contribution in [0.1, 0.15) is 12.5 Å². The number of rotatable bonds is 6. The summed E-state index contributed by atoms with van der Waals surface area (Å²) in [5.41, 5.74) is 1.20. The van der Waals surface area contributed by atoms with Crippen molar-refractivity contribution in [2.24, 2.45) is 0 Å². The van der Waals surface area contributed by atoms with Gasteiger partial charge in [0.15, 0.2) is 0 Å². The number of nitrogens with one attached hydrogen (secondary N) is 2. The molecule has 0 unspecified atom stereocenters. The van der Waals surface area contributed by atoms with Gasteiger partial charge in [-0.1, -0.05) is 12.1 Å². The molecule has 0 aromatic heterocycles. The lowest BCUT2D eigenvalue weighted by molar-refractivity contribution is -0.118. The van der Waals surface area contributed by atoms with Gasteiger partial charge in [-0.25, -0.2) is 0 Å². The minimum absolute atomic E-state index is 0.00578. The number of hydrogen-bond donors (Lipinski definition) is 2. The molecule has 88 valence electrons. The molecule has 0 aliphatic rings. The molecule has 1 amide bonds. The predicted octanol–water partition coefficient (Wildman–Crippen LogP) is 0.921. The molecule has 0 aliphatic heterocycles. The van der Waals surface area contributed by atoms with Gasteiger partial charge in [-0.05, 0) is 17.7 Å². The lowest BCUT2D eigenvalue weighted by atomic mass is 10.2. The SMILES string of the molecule is COc1ccc(CNCCNC(C)=O)cc1. The monoisotopic (exact) mass is 222 g/mol. The molecule has 0 atom stereocenters. The van der Waals surface area contributed by atoms with E-state index in [0.29, 0.717) is 6.54 Å². The van der Waals surface area contributed by atoms with Crippen LogP contribution in [0.25, 0.3) is 0 Å². The molecule has 0 spiro atoms. The van der Waals surface area contributed by atoms with E-state index in [4.69, 9.17) is 4.74 Å². The van der Waals surface area contributed by atoms with E-state index in [-0.39, 0.29) is 5.91 Å². The molecule has 4 heteroatoms. The van der Waals surface area contributed by atoms with Gasteiger partial charge in [0.25, 0.3) is 0 Å². The van der Waals surface area contributed by atoms with Crippen LogP contribution < -0.4 is 15.4 Å². The zero-order valence-electron chi connectivity index (χ0n) is 9.75. The standard InChI is InChI=1S/C12H18N2O2/c1-10(15)14-8-7-13-9-11-3-5-12(16-2)6-4-11/h3-6,13H,7-9H2,1-2H3,(H,14,15). The van der Waals surface area contributed by atoms with Gasteiger partial charge in [0.2, 0.25) is 5.91 Å². The second kappa shape index (κ2) is 6.85. The molecule has 1 aromatic rings. The summed E-state index contributed by atoms with van der Waals surface area (Å²) in [5.74, 6) is 0.869. The summed E-state index contributed by atoms with van der Waals surface area (Å²) >= 11 is 0. The van der Waals surface area contributed by atoms with E-state index in [1.165, 1.54) is 12.5 Å². The van der Waals surface area contributed by atoms with Crippen LogP contribution in [0.3, 0.4) is 0 Å². The largest absolute Gasteiger partial charge is 0.497 e. The topological polar surface area (TPSA) is 50.4 Å². The average Bonchev–Trinajstić information content (AvgIpc) is 2.29. The van der Waals surface area contributed by atoms with Gasteiger partial charge >= 0.3 is 0 Å². The van der Waals surface area contributed by atoms with Gasteiger partial charge in [0.05, 0.1) is 7.11 Å². The van der Waals surface area contributed by atoms with Gasteiger partial charge in [0.1, 0.15) is 5.75 Å². The minimum Gasteiger partial charge on any atom is -0.497 e. The third kappa shape index (κ3) is 4.79. The highest BCUT2D eigenvalue weighted by molar-refractivity contribution is 5.72. The number of methoxy groups -OCH3 is 1. The van der Waals surface area contributed by atoms with Gasteiger partial charge < -0.3 is 15.4 Å². The van der Waals surface area contributed by atoms with E-state index in [9.17, 15) is 4.79 Å². The lowest BCUT2D eigenvalue weighted by Crippen LogP contribution is -2.29. The van der Waals surface area contributed by atoms with Crippen LogP contribution in [-0.4, -0.2) is 26.1 Å². The van der Waals surface area contributed by atoms with Crippen LogP contribution in [0.4, 0.5) is 0 Å². The molecular formula is C12H18N2O2. The molecule has 2 N–H and O–H groups in total. The molecule has 0 aliphatic carbocycles. The van der Waals surface area contributed by atoms with Crippen molar-refractivity contribution in [3.63, 3.8) is 0 Å². The number of carbonyl (C=O) groups excluding carboxylic acids is 1. The van der Waals surface area contributed by atoms with E-state index < -0.39 is 0 Å². The molecule has 0 saturated carbocycles. The highest BCUT2D eigenvalue weighted by atomic mass is 16.5. The number of amides is 1. The first-order chi connectivity index (χ1) is 7.72. The van der Waals surface area contributed by atoms with Crippen molar-refractivity contribution >= 4 is 5.91 Å². The minimum atomic E-state index is 0.00578. The van der Waals surface area contributed by atoms with Crippen molar-refractivity contribution in [3.8, 4) is 5.75 Å². The van der Waals surface area contributed by atoms with Crippen molar-refractivity contribution in [1.29, 1.82) is 0 Å².